The summed E-state index contributed by atoms with van der Waals surface area (Å²) in [7, 11) is 0. The maximum atomic E-state index is 13.6. The van der Waals surface area contributed by atoms with E-state index in [9.17, 15) is 15.0 Å². The molecule has 0 saturated carbocycles. The highest BCUT2D eigenvalue weighted by Crippen LogP contribution is 2.40. The van der Waals surface area contributed by atoms with Crippen molar-refractivity contribution in [2.45, 2.75) is 19.1 Å². The molecule has 1 aliphatic carbocycles. The van der Waals surface area contributed by atoms with E-state index < -0.39 is 18.8 Å². The van der Waals surface area contributed by atoms with Crippen LogP contribution in [0.4, 0.5) is 0 Å². The van der Waals surface area contributed by atoms with E-state index in [-0.39, 0.29) is 24.1 Å². The molecular weight excluding hydrogens is 436 g/mol. The number of aliphatic hydroxyl groups excluding tert-OH is 2. The Labute approximate surface area is 195 Å². The van der Waals surface area contributed by atoms with Crippen LogP contribution >= 0.6 is 0 Å². The number of fused-ring (bicyclic) bond motifs is 1. The zero-order valence-corrected chi connectivity index (χ0v) is 18.4. The van der Waals surface area contributed by atoms with E-state index in [0.717, 1.165) is 22.5 Å². The van der Waals surface area contributed by atoms with E-state index in [1.165, 1.54) is 0 Å². The molecule has 0 bridgehead atoms. The third-order valence-corrected chi connectivity index (χ3v) is 5.85. The second-order valence-corrected chi connectivity index (χ2v) is 8.26. The van der Waals surface area contributed by atoms with Gasteiger partial charge in [0.05, 0.1) is 43.0 Å². The summed E-state index contributed by atoms with van der Waals surface area (Å²) in [6, 6.07) is 7.49. The van der Waals surface area contributed by atoms with Crippen LogP contribution in [-0.4, -0.2) is 61.4 Å². The third-order valence-electron chi connectivity index (χ3n) is 5.85. The van der Waals surface area contributed by atoms with Crippen molar-refractivity contribution in [2.75, 3.05) is 13.2 Å². The fraction of sp³-hybridized carbons (Fsp3) is 0.240. The number of hydrogen-bond donors (Lipinski definition) is 4. The Kier molecular flexibility index (Phi) is 5.87. The van der Waals surface area contributed by atoms with E-state index in [0.29, 0.717) is 16.9 Å². The Morgan fingerprint density at radius 2 is 1.76 bits per heavy atom. The predicted molar refractivity (Wildman–Crippen MR) is 124 cm³/mol. The Bertz CT molecular complexity index is 1260. The van der Waals surface area contributed by atoms with Crippen LogP contribution in [0.5, 0.6) is 0 Å². The number of Topliss-reactive ketones (excluding diaryl/α,β-unsaturated/α-hetero) is 1. The number of rotatable bonds is 7. The number of ether oxygens (including phenoxy) is 2. The van der Waals surface area contributed by atoms with Gasteiger partial charge in [-0.15, -0.1) is 0 Å². The average molecular weight is 460 g/mol. The molecule has 3 heterocycles. The number of nitrogens with zero attached hydrogens (tertiary/aromatic N) is 2. The second kappa shape index (κ2) is 9.12. The highest BCUT2D eigenvalue weighted by Gasteiger charge is 2.40. The Balaban J connectivity index is 1.53. The second-order valence-electron chi connectivity index (χ2n) is 8.26. The molecule has 2 aliphatic rings. The monoisotopic (exact) mass is 460 g/mol. The van der Waals surface area contributed by atoms with Crippen LogP contribution in [0.3, 0.4) is 0 Å². The molecule has 4 N–H and O–H groups in total. The largest absolute Gasteiger partial charge is 0.483 e. The molecule has 0 radical (unpaired) electrons. The van der Waals surface area contributed by atoms with Crippen molar-refractivity contribution < 1.29 is 24.5 Å². The van der Waals surface area contributed by atoms with E-state index in [1.54, 1.807) is 31.1 Å². The quantitative estimate of drug-likeness (QED) is 0.426. The highest BCUT2D eigenvalue weighted by molar-refractivity contribution is 6.14. The van der Waals surface area contributed by atoms with Gasteiger partial charge in [0, 0.05) is 17.1 Å². The summed E-state index contributed by atoms with van der Waals surface area (Å²) in [6.07, 6.45) is 8.82. The lowest BCUT2D eigenvalue weighted by Crippen LogP contribution is -2.36. The minimum atomic E-state index is -1.12. The zero-order valence-electron chi connectivity index (χ0n) is 18.4. The van der Waals surface area contributed by atoms with Crippen LogP contribution in [-0.2, 0) is 14.3 Å². The number of aliphatic hydroxyl groups is 2. The van der Waals surface area contributed by atoms with Crippen LogP contribution in [0.2, 0.25) is 0 Å². The van der Waals surface area contributed by atoms with Crippen LogP contribution < -0.4 is 0 Å². The van der Waals surface area contributed by atoms with Crippen LogP contribution in [0.1, 0.15) is 18.2 Å². The van der Waals surface area contributed by atoms with Crippen LogP contribution in [0.25, 0.3) is 22.6 Å². The predicted octanol–water partition coefficient (Wildman–Crippen LogP) is 2.47. The smallest absolute Gasteiger partial charge is 0.231 e. The number of aromatic amines is 2. The minimum absolute atomic E-state index is 0.00218. The number of allylic oxidation sites excluding steroid dienone is 3. The van der Waals surface area contributed by atoms with Gasteiger partial charge in [0.2, 0.25) is 11.5 Å². The summed E-state index contributed by atoms with van der Waals surface area (Å²) in [5.74, 6) is -0.0989. The molecule has 3 atom stereocenters. The average Bonchev–Trinajstić information content (AvgIpc) is 3.58. The van der Waals surface area contributed by atoms with Crippen molar-refractivity contribution in [1.29, 1.82) is 0 Å². The van der Waals surface area contributed by atoms with Crippen molar-refractivity contribution in [2.24, 2.45) is 5.92 Å². The molecule has 0 spiro atoms. The Hall–Kier alpha value is -3.95. The zero-order chi connectivity index (χ0) is 23.7. The van der Waals surface area contributed by atoms with Gasteiger partial charge in [0.15, 0.2) is 5.76 Å². The molecule has 1 aromatic carbocycles. The van der Waals surface area contributed by atoms with Gasteiger partial charge in [-0.25, -0.2) is 9.97 Å². The van der Waals surface area contributed by atoms with Gasteiger partial charge < -0.3 is 29.7 Å². The van der Waals surface area contributed by atoms with E-state index in [2.05, 4.69) is 19.9 Å². The van der Waals surface area contributed by atoms with E-state index in [1.807, 2.05) is 37.3 Å². The van der Waals surface area contributed by atoms with Gasteiger partial charge in [-0.05, 0) is 17.2 Å². The fourth-order valence-corrected chi connectivity index (χ4v) is 4.09. The molecule has 5 rings (SSSR count). The van der Waals surface area contributed by atoms with Gasteiger partial charge in [0.1, 0.15) is 18.8 Å². The molecule has 0 saturated heterocycles. The number of nitrogens with one attached hydrogen (secondary N) is 2. The third kappa shape index (κ3) is 4.07. The molecule has 174 valence electrons. The summed E-state index contributed by atoms with van der Waals surface area (Å²) in [4.78, 5) is 27.8. The Morgan fingerprint density at radius 3 is 2.41 bits per heavy atom. The minimum Gasteiger partial charge on any atom is -0.483 e. The number of hydrogen-bond acceptors (Lipinski definition) is 7. The number of carbonyl (C=O) groups is 1. The lowest BCUT2D eigenvalue weighted by atomic mass is 9.83. The maximum absolute atomic E-state index is 13.6. The maximum Gasteiger partial charge on any atom is 0.231 e. The molecule has 34 heavy (non-hydrogen) atoms. The lowest BCUT2D eigenvalue weighted by Gasteiger charge is -2.34. The molecule has 1 aliphatic heterocycles. The first kappa shape index (κ1) is 21.9. The first-order chi connectivity index (χ1) is 16.5. The molecule has 9 heteroatoms. The van der Waals surface area contributed by atoms with Crippen molar-refractivity contribution in [3.8, 4) is 11.3 Å². The topological polar surface area (TPSA) is 133 Å². The first-order valence-corrected chi connectivity index (χ1v) is 10.9. The lowest BCUT2D eigenvalue weighted by molar-refractivity contribution is -0.118. The van der Waals surface area contributed by atoms with Crippen LogP contribution in [0, 0.1) is 5.92 Å². The van der Waals surface area contributed by atoms with Gasteiger partial charge >= 0.3 is 0 Å². The molecule has 3 aromatic rings. The number of carbonyl (C=O) groups excluding carboxylic acids is 1. The van der Waals surface area contributed by atoms with Crippen molar-refractivity contribution in [3.63, 3.8) is 0 Å². The Morgan fingerprint density at radius 1 is 1.09 bits per heavy atom. The fourth-order valence-electron chi connectivity index (χ4n) is 4.09. The normalized spacial score (nSPS) is 20.9. The summed E-state index contributed by atoms with van der Waals surface area (Å²) in [5, 5.41) is 19.0. The van der Waals surface area contributed by atoms with Crippen LogP contribution in [0.15, 0.2) is 72.8 Å². The first-order valence-electron chi connectivity index (χ1n) is 10.9. The summed E-state index contributed by atoms with van der Waals surface area (Å²) < 4.78 is 12.1. The van der Waals surface area contributed by atoms with Crippen molar-refractivity contribution in [1.82, 2.24) is 19.9 Å². The number of aromatic nitrogens is 4. The van der Waals surface area contributed by atoms with Crippen molar-refractivity contribution in [3.05, 3.63) is 84.1 Å². The SMILES string of the molecule is CC1C=C(c2cnc[nH]2)C=C2C(=O)C(OCC(O)CO)=C(c3ccc(-c4cnc[nH]4)cc3)OC21. The summed E-state index contributed by atoms with van der Waals surface area (Å²) in [6.45, 7) is 1.26. The molecule has 2 aromatic heterocycles. The molecule has 0 amide bonds. The van der Waals surface area contributed by atoms with Gasteiger partial charge in [-0.2, -0.15) is 0 Å². The van der Waals surface area contributed by atoms with E-state index >= 15 is 0 Å². The number of H-pyrrole nitrogens is 2. The standard InChI is InChI=1S/C25H24N4O5/c1-14-6-17(21-9-27-13-29-21)7-19-22(32)25(33-11-18(31)10-30)24(34-23(14)19)16-4-2-15(3-5-16)20-8-26-12-28-20/h2-9,12-14,18,23,30-31H,10-11H2,1H3,(H,26,28)(H,27,29). The van der Waals surface area contributed by atoms with Gasteiger partial charge in [-0.1, -0.05) is 37.3 Å². The van der Waals surface area contributed by atoms with Gasteiger partial charge in [0.25, 0.3) is 0 Å². The summed E-state index contributed by atoms with van der Waals surface area (Å²) >= 11 is 0. The molecular formula is C25H24N4O5. The van der Waals surface area contributed by atoms with E-state index in [4.69, 9.17) is 9.47 Å². The van der Waals surface area contributed by atoms with Gasteiger partial charge in [-0.3, -0.25) is 4.79 Å². The van der Waals surface area contributed by atoms with Crippen molar-refractivity contribution >= 4 is 17.1 Å². The molecule has 3 unspecified atom stereocenters. The summed E-state index contributed by atoms with van der Waals surface area (Å²) in [5.41, 5.74) is 4.57. The molecule has 0 fully saturated rings. The highest BCUT2D eigenvalue weighted by atomic mass is 16.5. The number of ketones is 1. The number of imidazole rings is 2. The molecule has 9 nitrogen and oxygen atoms in total. The number of benzene rings is 1.